The molecule has 0 saturated carbocycles. The van der Waals surface area contributed by atoms with Gasteiger partial charge in [0.25, 0.3) is 17.7 Å². The largest absolute Gasteiger partial charge is 0.416 e. The smallest absolute Gasteiger partial charge is 0.383 e. The van der Waals surface area contributed by atoms with E-state index in [0.717, 1.165) is 91.2 Å². The summed E-state index contributed by atoms with van der Waals surface area (Å²) >= 11 is 0. The fraction of sp³-hybridized carbons (Fsp3) is 0.586. The van der Waals surface area contributed by atoms with Crippen molar-refractivity contribution in [2.45, 2.75) is 193 Å². The molecule has 3 aromatic carbocycles. The van der Waals surface area contributed by atoms with E-state index in [9.17, 15) is 56.6 Å². The van der Waals surface area contributed by atoms with Crippen LogP contribution < -0.4 is 0 Å². The number of rotatable bonds is 18. The number of hydrogen-bond donors (Lipinski definition) is 0. The average Bonchev–Trinajstić information content (AvgIpc) is 0.730. The van der Waals surface area contributed by atoms with Crippen LogP contribution in [-0.2, 0) is 32.7 Å². The number of methoxy groups -OCH3 is 3. The second kappa shape index (κ2) is 37.4. The number of ether oxygens (including phenoxy) is 3. The van der Waals surface area contributed by atoms with Crippen LogP contribution in [-0.4, -0.2) is 251 Å². The Morgan fingerprint density at radius 2 is 0.754 bits per heavy atom. The zero-order valence-electron chi connectivity index (χ0n) is 85.2. The van der Waals surface area contributed by atoms with E-state index < -0.39 is 136 Å². The molecule has 3 aromatic heterocycles. The molecule has 0 bridgehead atoms. The van der Waals surface area contributed by atoms with Crippen molar-refractivity contribution in [3.05, 3.63) is 193 Å². The minimum atomic E-state index is -4.69. The van der Waals surface area contributed by atoms with E-state index in [1.165, 1.54) is 34.1 Å². The van der Waals surface area contributed by atoms with Crippen LogP contribution in [0.4, 0.5) is 39.5 Å². The van der Waals surface area contributed by atoms with Gasteiger partial charge in [0.15, 0.2) is 0 Å². The number of piperidine rings is 3. The zero-order chi connectivity index (χ0) is 99.1. The minimum absolute atomic E-state index is 0.00609. The van der Waals surface area contributed by atoms with Crippen LogP contribution >= 0.6 is 0 Å². The predicted molar refractivity (Wildman–Crippen MR) is 423 cm³/mol. The Bertz CT molecular complexity index is 4920. The highest BCUT2D eigenvalue weighted by molar-refractivity contribution is 5.98. The summed E-state index contributed by atoms with van der Waals surface area (Å²) in [7, 11) is -8.63. The van der Waals surface area contributed by atoms with Crippen LogP contribution in [0.3, 0.4) is 0 Å². The third-order valence-electron chi connectivity index (χ3n) is 24.2. The highest BCUT2D eigenvalue weighted by Crippen LogP contribution is 2.41. The monoisotopic (exact) mass is 1620 g/mol. The SMILES string of the molecule is [2H]C([2H])([2H])OC([2H])([2H])[C@@]([2H])(c1ccc(C(F)(F)F)cc1)N1CCN(C2(C)CCN(C(=O)c3c(C([2H])([2H])[2H])ccnc3C([2H])([2H])[2H])CC2)C[C@@H]1C.[2H]C([2H])([2H])OC[C@@H](c1ccc(C(F)(F)F)cc1)N1CCN(C2(C)CCN(C(=O)c3c(C)ccnc3C)CC2)C[C@@H]1C.[2H]C([2H])([2H])OC[C@@]([2H])(c1ccc(C(F)(F)F)cc1)N1CCN(C2(C)CCN(C(=O)c3c(C)ccnc3C)CC2)C[C@@H]1C. The van der Waals surface area contributed by atoms with Crippen molar-refractivity contribution in [1.29, 1.82) is 0 Å². The lowest BCUT2D eigenvalue weighted by molar-refractivity contribution is -0.138. The van der Waals surface area contributed by atoms with Crippen LogP contribution in [0.15, 0.2) is 110 Å². The van der Waals surface area contributed by atoms with Crippen molar-refractivity contribution in [1.82, 2.24) is 59.1 Å². The van der Waals surface area contributed by atoms with E-state index in [4.69, 9.17) is 37.5 Å². The van der Waals surface area contributed by atoms with Crippen molar-refractivity contribution >= 4 is 17.7 Å². The molecule has 0 spiro atoms. The topological polar surface area (TPSA) is 147 Å². The van der Waals surface area contributed by atoms with Crippen molar-refractivity contribution in [2.24, 2.45) is 0 Å². The summed E-state index contributed by atoms with van der Waals surface area (Å²) in [6.45, 7) is 16.8. The van der Waals surface area contributed by atoms with Gasteiger partial charge in [0.1, 0.15) is 0 Å². The number of aromatic nitrogens is 3. The maximum absolute atomic E-state index is 13.7. The van der Waals surface area contributed by atoms with Gasteiger partial charge in [-0.25, -0.2) is 0 Å². The minimum Gasteiger partial charge on any atom is -0.383 e. The summed E-state index contributed by atoms with van der Waals surface area (Å²) in [6.07, 6.45) is -5.29. The first-order valence-corrected chi connectivity index (χ1v) is 38.4. The Morgan fingerprint density at radius 3 is 1.10 bits per heavy atom. The highest BCUT2D eigenvalue weighted by Gasteiger charge is 2.46. The molecule has 3 amide bonds. The second-order valence-corrected chi connectivity index (χ2v) is 31.5. The Kier molecular flexibility index (Phi) is 21.5. The second-order valence-electron chi connectivity index (χ2n) is 31.5. The Morgan fingerprint density at radius 1 is 0.430 bits per heavy atom. The van der Waals surface area contributed by atoms with Gasteiger partial charge in [-0.2, -0.15) is 39.5 Å². The zero-order valence-corrected chi connectivity index (χ0v) is 66.2. The molecular formula is C87H117F9N12O6. The fourth-order valence-electron chi connectivity index (χ4n) is 17.0. The summed E-state index contributed by atoms with van der Waals surface area (Å²) in [4.78, 5) is 70.1. The third-order valence-corrected chi connectivity index (χ3v) is 24.2. The lowest BCUT2D eigenvalue weighted by Gasteiger charge is -2.52. The molecule has 27 heteroatoms. The number of halogens is 9. The summed E-state index contributed by atoms with van der Waals surface area (Å²) < 4.78 is 285. The Labute approximate surface area is 694 Å². The number of alkyl halides is 9. The van der Waals surface area contributed by atoms with E-state index >= 15 is 0 Å². The number of aryl methyl sites for hydroxylation is 6. The van der Waals surface area contributed by atoms with E-state index in [1.807, 2.05) is 68.4 Å². The molecule has 6 aromatic rings. The molecule has 6 atom stereocenters. The lowest BCUT2D eigenvalue weighted by atomic mass is 9.86. The normalized spacial score (nSPS) is 25.6. The molecule has 0 radical (unpaired) electrons. The maximum Gasteiger partial charge on any atom is 0.416 e. The molecule has 0 unspecified atom stereocenters. The van der Waals surface area contributed by atoms with Crippen molar-refractivity contribution in [3.63, 3.8) is 0 Å². The van der Waals surface area contributed by atoms with Gasteiger partial charge in [-0.05, 0) is 209 Å². The van der Waals surface area contributed by atoms with Gasteiger partial charge in [0.2, 0.25) is 0 Å². The number of likely N-dealkylation sites (tertiary alicyclic amines) is 3. The maximum atomic E-state index is 13.7. The predicted octanol–water partition coefficient (Wildman–Crippen LogP) is 15.3. The average molecular weight is 1620 g/mol. The van der Waals surface area contributed by atoms with Gasteiger partial charge in [-0.3, -0.25) is 58.7 Å². The van der Waals surface area contributed by atoms with Gasteiger partial charge >= 0.3 is 18.5 Å². The standard InChI is InChI=1S/3C29H39F3N4O2/c3*1-20-10-13-33-22(3)26(20)27(37)34-14-11-28(4,12-15-34)35-16-17-36(21(2)18-35)25(19-38-5)23-6-8-24(9-7-23)29(30,31)32/h3*6-10,13,21,25H,11-12,14-19H2,1-5H3/t3*21-,25-/m000/s1/i1D3,3D3,5D3,19D2,25D;5D3,25D;5D3. The number of pyridine rings is 3. The Balaban J connectivity index is 0.000000208. The first-order chi connectivity index (χ1) is 61.1. The van der Waals surface area contributed by atoms with Crippen LogP contribution in [0.1, 0.15) is 222 Å². The van der Waals surface area contributed by atoms with Crippen LogP contribution in [0.2, 0.25) is 0 Å². The molecule has 624 valence electrons. The van der Waals surface area contributed by atoms with E-state index in [1.54, 1.807) is 19.3 Å². The van der Waals surface area contributed by atoms with Crippen LogP contribution in [0, 0.1) is 41.4 Å². The lowest BCUT2D eigenvalue weighted by Crippen LogP contribution is -2.62. The van der Waals surface area contributed by atoms with Gasteiger partial charge in [0, 0.05) is 181 Å². The van der Waals surface area contributed by atoms with Gasteiger partial charge in [0.05, 0.1) is 106 Å². The summed E-state index contributed by atoms with van der Waals surface area (Å²) in [5, 5.41) is 0. The molecular weight excluding hydrogens is 1480 g/mol. The molecule has 6 fully saturated rings. The quantitative estimate of drug-likeness (QED) is 0.0751. The highest BCUT2D eigenvalue weighted by atomic mass is 19.4. The van der Waals surface area contributed by atoms with E-state index in [2.05, 4.69) is 55.3 Å². The number of carbonyl (C=O) groups excluding carboxylic acids is 3. The molecule has 0 N–H and O–H groups in total. The van der Waals surface area contributed by atoms with Gasteiger partial charge < -0.3 is 28.9 Å². The molecule has 114 heavy (non-hydrogen) atoms. The van der Waals surface area contributed by atoms with Gasteiger partial charge in [-0.15, -0.1) is 0 Å². The molecule has 9 heterocycles. The number of amides is 3. The first-order valence-electron chi connectivity index (χ1n) is 47.9. The molecule has 0 aliphatic carbocycles. The summed E-state index contributed by atoms with van der Waals surface area (Å²) in [5.41, 5.74) is 0.240. The number of piperazine rings is 3. The fourth-order valence-corrected chi connectivity index (χ4v) is 17.0. The molecule has 6 aliphatic heterocycles. The molecule has 18 nitrogen and oxygen atoms in total. The third kappa shape index (κ3) is 20.7. The Hall–Kier alpha value is -7.47. The van der Waals surface area contributed by atoms with Crippen molar-refractivity contribution in [2.75, 3.05) is 139 Å². The number of hydrogen-bond acceptors (Lipinski definition) is 15. The van der Waals surface area contributed by atoms with Crippen molar-refractivity contribution < 1.29 is 94.2 Å². The molecule has 12 rings (SSSR count). The summed E-state index contributed by atoms with van der Waals surface area (Å²) in [5.74, 6) is -0.757. The molecule has 6 saturated heterocycles. The number of carbonyl (C=O) groups is 3. The summed E-state index contributed by atoms with van der Waals surface area (Å²) in [6, 6.07) is 11.6. The van der Waals surface area contributed by atoms with Crippen LogP contribution in [0.25, 0.3) is 0 Å². The number of benzene rings is 3. The van der Waals surface area contributed by atoms with Crippen molar-refractivity contribution in [3.8, 4) is 0 Å². The molecule has 6 aliphatic rings. The van der Waals surface area contributed by atoms with E-state index in [0.29, 0.717) is 113 Å². The van der Waals surface area contributed by atoms with E-state index in [-0.39, 0.29) is 85.4 Å². The first kappa shape index (κ1) is 65.6. The number of nitrogens with zero attached hydrogens (tertiary/aromatic N) is 12. The van der Waals surface area contributed by atoms with Crippen LogP contribution in [0.5, 0.6) is 0 Å². The van der Waals surface area contributed by atoms with Gasteiger partial charge in [-0.1, -0.05) is 36.4 Å².